The molecule has 0 fully saturated rings. The van der Waals surface area contributed by atoms with Gasteiger partial charge in [0.05, 0.1) is 0 Å². The summed E-state index contributed by atoms with van der Waals surface area (Å²) in [5, 5.41) is 3.41. The van der Waals surface area contributed by atoms with Crippen molar-refractivity contribution in [2.45, 2.75) is 46.0 Å². The second kappa shape index (κ2) is 10.7. The van der Waals surface area contributed by atoms with E-state index in [1.165, 1.54) is 45.2 Å². The van der Waals surface area contributed by atoms with Gasteiger partial charge in [-0.2, -0.15) is 0 Å². The minimum absolute atomic E-state index is 1.18. The van der Waals surface area contributed by atoms with Gasteiger partial charge >= 0.3 is 0 Å². The van der Waals surface area contributed by atoms with E-state index in [1.807, 2.05) is 0 Å². The van der Waals surface area contributed by atoms with Gasteiger partial charge in [0.15, 0.2) is 0 Å². The molecule has 0 amide bonds. The van der Waals surface area contributed by atoms with Crippen molar-refractivity contribution in [3.05, 3.63) is 12.2 Å². The number of hydrogen-bond acceptors (Lipinski definition) is 1. The fourth-order valence-corrected chi connectivity index (χ4v) is 1.16. The molecule has 1 N–H and O–H groups in total. The summed E-state index contributed by atoms with van der Waals surface area (Å²) < 4.78 is 0. The lowest BCUT2D eigenvalue weighted by Crippen LogP contribution is -2.15. The fourth-order valence-electron chi connectivity index (χ4n) is 1.16. The molecular formula is C11H23N. The standard InChI is InChI=1S/C11H23N/c1-3-5-6-7-8-9-11-12-10-4-2/h3,5,12H,4,6-11H2,1-2H3/b5-3+. The van der Waals surface area contributed by atoms with Crippen LogP contribution < -0.4 is 5.32 Å². The number of nitrogens with one attached hydrogen (secondary N) is 1. The van der Waals surface area contributed by atoms with Gasteiger partial charge in [0.2, 0.25) is 0 Å². The van der Waals surface area contributed by atoms with E-state index in [0.29, 0.717) is 0 Å². The maximum absolute atomic E-state index is 3.41. The van der Waals surface area contributed by atoms with Gasteiger partial charge in [-0.25, -0.2) is 0 Å². The van der Waals surface area contributed by atoms with Crippen molar-refractivity contribution in [3.8, 4) is 0 Å². The monoisotopic (exact) mass is 169 g/mol. The molecule has 0 aromatic carbocycles. The molecular weight excluding hydrogens is 146 g/mol. The normalized spacial score (nSPS) is 11.2. The Hall–Kier alpha value is -0.300. The minimum atomic E-state index is 1.18. The van der Waals surface area contributed by atoms with Crippen molar-refractivity contribution in [1.29, 1.82) is 0 Å². The average Bonchev–Trinajstić information content (AvgIpc) is 2.10. The Morgan fingerprint density at radius 3 is 2.58 bits per heavy atom. The van der Waals surface area contributed by atoms with Crippen LogP contribution in [0.4, 0.5) is 0 Å². The van der Waals surface area contributed by atoms with Gasteiger partial charge < -0.3 is 5.32 Å². The van der Waals surface area contributed by atoms with E-state index in [4.69, 9.17) is 0 Å². The van der Waals surface area contributed by atoms with Crippen molar-refractivity contribution in [2.24, 2.45) is 0 Å². The van der Waals surface area contributed by atoms with Crippen molar-refractivity contribution < 1.29 is 0 Å². The molecule has 0 spiro atoms. The van der Waals surface area contributed by atoms with Gasteiger partial charge in [-0.15, -0.1) is 0 Å². The zero-order valence-electron chi connectivity index (χ0n) is 8.60. The molecule has 0 rings (SSSR count). The Kier molecular flexibility index (Phi) is 10.4. The second-order valence-corrected chi connectivity index (χ2v) is 3.17. The summed E-state index contributed by atoms with van der Waals surface area (Å²) in [6.45, 7) is 6.67. The fraction of sp³-hybridized carbons (Fsp3) is 0.818. The third-order valence-electron chi connectivity index (χ3n) is 1.89. The van der Waals surface area contributed by atoms with Gasteiger partial charge in [0, 0.05) is 0 Å². The Labute approximate surface area is 77.2 Å². The molecule has 0 saturated carbocycles. The van der Waals surface area contributed by atoms with Crippen LogP contribution in [0.2, 0.25) is 0 Å². The van der Waals surface area contributed by atoms with Crippen LogP contribution in [0.1, 0.15) is 46.0 Å². The first kappa shape index (κ1) is 11.7. The lowest BCUT2D eigenvalue weighted by Gasteiger charge is -2.01. The lowest BCUT2D eigenvalue weighted by molar-refractivity contribution is 0.601. The summed E-state index contributed by atoms with van der Waals surface area (Å²) in [5.41, 5.74) is 0. The number of unbranched alkanes of at least 4 members (excludes halogenated alkanes) is 3. The lowest BCUT2D eigenvalue weighted by atomic mass is 10.2. The van der Waals surface area contributed by atoms with E-state index in [-0.39, 0.29) is 0 Å². The van der Waals surface area contributed by atoms with Gasteiger partial charge in [-0.05, 0) is 45.7 Å². The molecule has 0 heterocycles. The van der Waals surface area contributed by atoms with Crippen LogP contribution in [-0.2, 0) is 0 Å². The van der Waals surface area contributed by atoms with E-state index in [9.17, 15) is 0 Å². The summed E-state index contributed by atoms with van der Waals surface area (Å²) in [4.78, 5) is 0. The molecule has 0 aliphatic carbocycles. The molecule has 0 radical (unpaired) electrons. The van der Waals surface area contributed by atoms with Crippen LogP contribution in [0, 0.1) is 0 Å². The topological polar surface area (TPSA) is 12.0 Å². The summed E-state index contributed by atoms with van der Waals surface area (Å²) in [6, 6.07) is 0. The predicted molar refractivity (Wildman–Crippen MR) is 56.4 cm³/mol. The Morgan fingerprint density at radius 1 is 1.08 bits per heavy atom. The highest BCUT2D eigenvalue weighted by atomic mass is 14.8. The van der Waals surface area contributed by atoms with Crippen LogP contribution in [0.25, 0.3) is 0 Å². The first-order chi connectivity index (χ1) is 5.91. The molecule has 0 saturated heterocycles. The Bertz CT molecular complexity index is 97.2. The number of allylic oxidation sites excluding steroid dienone is 2. The summed E-state index contributed by atoms with van der Waals surface area (Å²) in [5.74, 6) is 0. The zero-order valence-corrected chi connectivity index (χ0v) is 8.60. The molecule has 0 bridgehead atoms. The molecule has 0 atom stereocenters. The molecule has 1 nitrogen and oxygen atoms in total. The maximum atomic E-state index is 3.41. The third kappa shape index (κ3) is 9.70. The Balaban J connectivity index is 2.81. The molecule has 0 aromatic heterocycles. The van der Waals surface area contributed by atoms with Crippen molar-refractivity contribution in [3.63, 3.8) is 0 Å². The second-order valence-electron chi connectivity index (χ2n) is 3.17. The maximum Gasteiger partial charge on any atom is -0.00489 e. The largest absolute Gasteiger partial charge is 0.317 e. The van der Waals surface area contributed by atoms with Gasteiger partial charge in [-0.1, -0.05) is 25.5 Å². The van der Waals surface area contributed by atoms with Crippen LogP contribution in [-0.4, -0.2) is 13.1 Å². The van der Waals surface area contributed by atoms with Crippen molar-refractivity contribution in [1.82, 2.24) is 5.32 Å². The number of rotatable bonds is 8. The SMILES string of the molecule is C/C=C/CCCCCNCCC. The van der Waals surface area contributed by atoms with E-state index in [0.717, 1.165) is 0 Å². The molecule has 0 aliphatic heterocycles. The van der Waals surface area contributed by atoms with Crippen LogP contribution in [0.3, 0.4) is 0 Å². The molecule has 72 valence electrons. The van der Waals surface area contributed by atoms with E-state index >= 15 is 0 Å². The highest BCUT2D eigenvalue weighted by Crippen LogP contribution is 1.99. The van der Waals surface area contributed by atoms with Gasteiger partial charge in [0.25, 0.3) is 0 Å². The summed E-state index contributed by atoms with van der Waals surface area (Å²) in [6.07, 6.45) is 10.9. The van der Waals surface area contributed by atoms with Crippen molar-refractivity contribution >= 4 is 0 Å². The molecule has 0 unspecified atom stereocenters. The average molecular weight is 169 g/mol. The van der Waals surface area contributed by atoms with Gasteiger partial charge in [-0.3, -0.25) is 0 Å². The quantitative estimate of drug-likeness (QED) is 0.435. The van der Waals surface area contributed by atoms with Crippen LogP contribution in [0.15, 0.2) is 12.2 Å². The third-order valence-corrected chi connectivity index (χ3v) is 1.89. The molecule has 0 aromatic rings. The molecule has 12 heavy (non-hydrogen) atoms. The molecule has 0 aliphatic rings. The van der Waals surface area contributed by atoms with E-state index < -0.39 is 0 Å². The highest BCUT2D eigenvalue weighted by molar-refractivity contribution is 4.76. The number of hydrogen-bond donors (Lipinski definition) is 1. The molecule has 1 heteroatoms. The summed E-state index contributed by atoms with van der Waals surface area (Å²) >= 11 is 0. The first-order valence-corrected chi connectivity index (χ1v) is 5.23. The smallest absolute Gasteiger partial charge is 0.00489 e. The summed E-state index contributed by atoms with van der Waals surface area (Å²) in [7, 11) is 0. The predicted octanol–water partition coefficient (Wildman–Crippen LogP) is 3.12. The zero-order chi connectivity index (χ0) is 9.07. The highest BCUT2D eigenvalue weighted by Gasteiger charge is 1.87. The first-order valence-electron chi connectivity index (χ1n) is 5.23. The van der Waals surface area contributed by atoms with E-state index in [1.54, 1.807) is 0 Å². The van der Waals surface area contributed by atoms with Crippen LogP contribution in [0.5, 0.6) is 0 Å². The minimum Gasteiger partial charge on any atom is -0.317 e. The van der Waals surface area contributed by atoms with Crippen LogP contribution >= 0.6 is 0 Å². The van der Waals surface area contributed by atoms with Gasteiger partial charge in [0.1, 0.15) is 0 Å². The Morgan fingerprint density at radius 2 is 1.92 bits per heavy atom. The van der Waals surface area contributed by atoms with Crippen molar-refractivity contribution in [2.75, 3.05) is 13.1 Å². The van der Waals surface area contributed by atoms with E-state index in [2.05, 4.69) is 31.3 Å².